The molecule has 1 saturated heterocycles. The van der Waals surface area contributed by atoms with E-state index in [1.54, 1.807) is 55.6 Å². The van der Waals surface area contributed by atoms with Gasteiger partial charge in [0.2, 0.25) is 0 Å². The van der Waals surface area contributed by atoms with Crippen LogP contribution in [-0.2, 0) is 16.1 Å². The van der Waals surface area contributed by atoms with Gasteiger partial charge < -0.3 is 24.2 Å². The predicted molar refractivity (Wildman–Crippen MR) is 141 cm³/mol. The number of hydrogen-bond acceptors (Lipinski definition) is 6. The molecule has 3 aromatic rings. The molecule has 1 aliphatic heterocycles. The van der Waals surface area contributed by atoms with Crippen LogP contribution in [0.15, 0.2) is 72.3 Å². The SMILES string of the molecule is COc1ccc(CN2C(=O)C(=O)/C(=C(/O)c3cc(OC)ccc3Cl)C2c2cccc(OC(C)C)c2)cc1. The zero-order valence-corrected chi connectivity index (χ0v) is 21.8. The summed E-state index contributed by atoms with van der Waals surface area (Å²) in [6.45, 7) is 3.96. The van der Waals surface area contributed by atoms with Gasteiger partial charge in [-0.3, -0.25) is 9.59 Å². The van der Waals surface area contributed by atoms with Crippen LogP contribution in [0.25, 0.3) is 5.76 Å². The van der Waals surface area contributed by atoms with Crippen molar-refractivity contribution in [2.75, 3.05) is 14.2 Å². The summed E-state index contributed by atoms with van der Waals surface area (Å²) < 4.78 is 16.4. The van der Waals surface area contributed by atoms with Crippen molar-refractivity contribution in [2.24, 2.45) is 0 Å². The molecule has 0 aromatic heterocycles. The lowest BCUT2D eigenvalue weighted by Gasteiger charge is -2.26. The highest BCUT2D eigenvalue weighted by atomic mass is 35.5. The largest absolute Gasteiger partial charge is 0.507 e. The Bertz CT molecular complexity index is 1350. The van der Waals surface area contributed by atoms with Crippen molar-refractivity contribution in [2.45, 2.75) is 32.5 Å². The van der Waals surface area contributed by atoms with Crippen molar-refractivity contribution in [1.29, 1.82) is 0 Å². The third-order valence-electron chi connectivity index (χ3n) is 6.03. The number of ether oxygens (including phenoxy) is 3. The first-order valence-corrected chi connectivity index (χ1v) is 12.1. The van der Waals surface area contributed by atoms with Crippen molar-refractivity contribution in [3.05, 3.63) is 94.0 Å². The van der Waals surface area contributed by atoms with Gasteiger partial charge in [0.1, 0.15) is 23.0 Å². The number of ketones is 1. The van der Waals surface area contributed by atoms with E-state index in [0.29, 0.717) is 22.8 Å². The van der Waals surface area contributed by atoms with Gasteiger partial charge in [0, 0.05) is 12.1 Å². The lowest BCUT2D eigenvalue weighted by Crippen LogP contribution is -2.29. The average molecular weight is 522 g/mol. The molecule has 192 valence electrons. The molecule has 1 unspecified atom stereocenters. The lowest BCUT2D eigenvalue weighted by atomic mass is 9.95. The minimum atomic E-state index is -0.875. The quantitative estimate of drug-likeness (QED) is 0.230. The Labute approximate surface area is 220 Å². The molecular formula is C29H28ClNO6. The molecule has 0 saturated carbocycles. The number of halogens is 1. The van der Waals surface area contributed by atoms with E-state index in [-0.39, 0.29) is 34.6 Å². The van der Waals surface area contributed by atoms with Crippen molar-refractivity contribution in [3.8, 4) is 17.2 Å². The van der Waals surface area contributed by atoms with Gasteiger partial charge in [-0.25, -0.2) is 0 Å². The normalized spacial score (nSPS) is 16.8. The average Bonchev–Trinajstić information content (AvgIpc) is 3.13. The summed E-state index contributed by atoms with van der Waals surface area (Å²) in [6, 6.07) is 18.3. The highest BCUT2D eigenvalue weighted by Gasteiger charge is 2.46. The lowest BCUT2D eigenvalue weighted by molar-refractivity contribution is -0.140. The molecule has 0 aliphatic carbocycles. The fourth-order valence-corrected chi connectivity index (χ4v) is 4.51. The number of amides is 1. The first-order chi connectivity index (χ1) is 17.7. The van der Waals surface area contributed by atoms with Crippen LogP contribution in [0.2, 0.25) is 5.02 Å². The van der Waals surface area contributed by atoms with Gasteiger partial charge in [0.15, 0.2) is 0 Å². The molecule has 1 aliphatic rings. The maximum absolute atomic E-state index is 13.4. The maximum Gasteiger partial charge on any atom is 0.295 e. The Morgan fingerprint density at radius 2 is 1.62 bits per heavy atom. The molecule has 1 atom stereocenters. The van der Waals surface area contributed by atoms with Crippen LogP contribution >= 0.6 is 11.6 Å². The summed E-state index contributed by atoms with van der Waals surface area (Å²) in [5.41, 5.74) is 1.55. The molecular weight excluding hydrogens is 494 g/mol. The fourth-order valence-electron chi connectivity index (χ4n) is 4.31. The Balaban J connectivity index is 1.87. The Morgan fingerprint density at radius 1 is 0.946 bits per heavy atom. The first-order valence-electron chi connectivity index (χ1n) is 11.7. The predicted octanol–water partition coefficient (Wildman–Crippen LogP) is 5.77. The summed E-state index contributed by atoms with van der Waals surface area (Å²) in [5.74, 6) is -0.195. The van der Waals surface area contributed by atoms with Crippen LogP contribution < -0.4 is 14.2 Å². The number of rotatable bonds is 8. The van der Waals surface area contributed by atoms with Gasteiger partial charge in [-0.1, -0.05) is 35.9 Å². The monoisotopic (exact) mass is 521 g/mol. The number of benzene rings is 3. The number of carbonyl (C=O) groups is 2. The molecule has 4 rings (SSSR count). The number of Topliss-reactive ketones (excluding diaryl/α,β-unsaturated/α-hetero) is 1. The fraction of sp³-hybridized carbons (Fsp3) is 0.241. The molecule has 0 bridgehead atoms. The number of aliphatic hydroxyl groups is 1. The highest BCUT2D eigenvalue weighted by molar-refractivity contribution is 6.47. The first kappa shape index (κ1) is 26.1. The van der Waals surface area contributed by atoms with Crippen molar-refractivity contribution >= 4 is 29.1 Å². The summed E-state index contributed by atoms with van der Waals surface area (Å²) in [6.07, 6.45) is -0.0727. The van der Waals surface area contributed by atoms with Crippen LogP contribution in [-0.4, -0.2) is 42.0 Å². The maximum atomic E-state index is 13.4. The second-order valence-corrected chi connectivity index (χ2v) is 9.27. The minimum absolute atomic E-state index is 0.0599. The van der Waals surface area contributed by atoms with Gasteiger partial charge in [0.05, 0.1) is 37.0 Å². The zero-order valence-electron chi connectivity index (χ0n) is 21.0. The van der Waals surface area contributed by atoms with E-state index in [4.69, 9.17) is 25.8 Å². The molecule has 37 heavy (non-hydrogen) atoms. The zero-order chi connectivity index (χ0) is 26.7. The molecule has 0 spiro atoms. The number of aliphatic hydroxyl groups excluding tert-OH is 1. The van der Waals surface area contributed by atoms with Crippen molar-refractivity contribution in [1.82, 2.24) is 4.90 Å². The van der Waals surface area contributed by atoms with Crippen LogP contribution in [0.3, 0.4) is 0 Å². The number of carbonyl (C=O) groups excluding carboxylic acids is 2. The van der Waals surface area contributed by atoms with E-state index < -0.39 is 17.7 Å². The third-order valence-corrected chi connectivity index (χ3v) is 6.36. The Morgan fingerprint density at radius 3 is 2.27 bits per heavy atom. The van der Waals surface area contributed by atoms with Gasteiger partial charge in [-0.05, 0) is 67.4 Å². The molecule has 7 nitrogen and oxygen atoms in total. The summed E-state index contributed by atoms with van der Waals surface area (Å²) >= 11 is 6.39. The molecule has 3 aromatic carbocycles. The van der Waals surface area contributed by atoms with E-state index in [9.17, 15) is 14.7 Å². The van der Waals surface area contributed by atoms with Crippen LogP contribution in [0.1, 0.15) is 36.6 Å². The highest BCUT2D eigenvalue weighted by Crippen LogP contribution is 2.42. The molecule has 1 heterocycles. The number of likely N-dealkylation sites (tertiary alicyclic amines) is 1. The van der Waals surface area contributed by atoms with E-state index in [1.807, 2.05) is 26.0 Å². The van der Waals surface area contributed by atoms with Gasteiger partial charge >= 0.3 is 0 Å². The van der Waals surface area contributed by atoms with Crippen molar-refractivity contribution < 1.29 is 28.9 Å². The van der Waals surface area contributed by atoms with Crippen LogP contribution in [0, 0.1) is 0 Å². The van der Waals surface area contributed by atoms with Gasteiger partial charge in [-0.2, -0.15) is 0 Å². The minimum Gasteiger partial charge on any atom is -0.507 e. The number of methoxy groups -OCH3 is 2. The van der Waals surface area contributed by atoms with Crippen molar-refractivity contribution in [3.63, 3.8) is 0 Å². The molecule has 1 amide bonds. The standard InChI is InChI=1S/C29H28ClNO6/c1-17(2)37-22-7-5-6-19(14-22)26-25(27(32)23-15-21(36-4)12-13-24(23)30)28(33)29(34)31(26)16-18-8-10-20(35-3)11-9-18/h5-15,17,26,32H,16H2,1-4H3/b27-25+. The van der Waals surface area contributed by atoms with Gasteiger partial charge in [0.25, 0.3) is 11.7 Å². The van der Waals surface area contributed by atoms with E-state index >= 15 is 0 Å². The number of hydrogen-bond donors (Lipinski definition) is 1. The summed E-state index contributed by atoms with van der Waals surface area (Å²) in [7, 11) is 3.06. The van der Waals surface area contributed by atoms with Crippen LogP contribution in [0.5, 0.6) is 17.2 Å². The molecule has 1 N–H and O–H groups in total. The second kappa shape index (κ2) is 11.0. The van der Waals surface area contributed by atoms with Gasteiger partial charge in [-0.15, -0.1) is 0 Å². The summed E-state index contributed by atoms with van der Waals surface area (Å²) in [4.78, 5) is 28.2. The Hall–Kier alpha value is -3.97. The third kappa shape index (κ3) is 5.42. The molecule has 8 heteroatoms. The van der Waals surface area contributed by atoms with E-state index in [2.05, 4.69) is 0 Å². The van der Waals surface area contributed by atoms with E-state index in [1.165, 1.54) is 18.1 Å². The number of nitrogens with zero attached hydrogens (tertiary/aromatic N) is 1. The smallest absolute Gasteiger partial charge is 0.295 e. The summed E-state index contributed by atoms with van der Waals surface area (Å²) in [5, 5.41) is 11.6. The van der Waals surface area contributed by atoms with E-state index in [0.717, 1.165) is 5.56 Å². The topological polar surface area (TPSA) is 85.3 Å². The molecule has 1 fully saturated rings. The van der Waals surface area contributed by atoms with Crippen LogP contribution in [0.4, 0.5) is 0 Å². The molecule has 0 radical (unpaired) electrons. The second-order valence-electron chi connectivity index (χ2n) is 8.86. The Kier molecular flexibility index (Phi) is 7.74.